The van der Waals surface area contributed by atoms with Crippen molar-refractivity contribution in [3.05, 3.63) is 35.4 Å². The Hall–Kier alpha value is -1.39. The molecule has 1 fully saturated rings. The molecule has 1 saturated heterocycles. The van der Waals surface area contributed by atoms with E-state index in [2.05, 4.69) is 24.3 Å². The number of likely N-dealkylation sites (N-methyl/N-ethyl adjacent to an activating group) is 1. The van der Waals surface area contributed by atoms with Crippen LogP contribution in [0, 0.1) is 12.8 Å². The first kappa shape index (κ1) is 15.0. The van der Waals surface area contributed by atoms with Crippen LogP contribution in [0.15, 0.2) is 24.3 Å². The van der Waals surface area contributed by atoms with Crippen LogP contribution in [0.25, 0.3) is 0 Å². The van der Waals surface area contributed by atoms with Gasteiger partial charge in [0.05, 0.1) is 7.11 Å². The lowest BCUT2D eigenvalue weighted by Gasteiger charge is -2.33. The second-order valence-corrected chi connectivity index (χ2v) is 5.88. The summed E-state index contributed by atoms with van der Waals surface area (Å²) in [4.78, 5) is 14.1. The minimum atomic E-state index is -0.683. The molecule has 0 amide bonds. The predicted octanol–water partition coefficient (Wildman–Crippen LogP) is 1.91. The molecule has 0 aliphatic carbocycles. The largest absolute Gasteiger partial charge is 0.468 e. The van der Waals surface area contributed by atoms with Gasteiger partial charge in [-0.05, 0) is 32.9 Å². The van der Waals surface area contributed by atoms with Crippen molar-refractivity contribution in [2.45, 2.75) is 31.8 Å². The molecular formula is C16H23NO3. The van der Waals surface area contributed by atoms with Crippen molar-refractivity contribution in [2.75, 3.05) is 20.8 Å². The molecule has 110 valence electrons. The first-order valence-corrected chi connectivity index (χ1v) is 6.93. The average molecular weight is 277 g/mol. The Bertz CT molecular complexity index is 485. The summed E-state index contributed by atoms with van der Waals surface area (Å²) in [5.74, 6) is -0.208. The molecule has 2 rings (SSSR count). The van der Waals surface area contributed by atoms with Crippen molar-refractivity contribution in [1.29, 1.82) is 0 Å². The molecule has 0 radical (unpaired) electrons. The molecule has 1 aliphatic heterocycles. The van der Waals surface area contributed by atoms with Crippen LogP contribution < -0.4 is 0 Å². The SMILES string of the molecule is COC(=O)[C@]1(C)C[C@H](CO)[C@@H](c2ccc(C)cc2)N1C. The molecular weight excluding hydrogens is 254 g/mol. The van der Waals surface area contributed by atoms with Gasteiger partial charge in [0.1, 0.15) is 5.54 Å². The molecule has 1 aromatic carbocycles. The molecule has 0 spiro atoms. The van der Waals surface area contributed by atoms with Gasteiger partial charge in [-0.2, -0.15) is 0 Å². The number of carbonyl (C=O) groups excluding carboxylic acids is 1. The second kappa shape index (κ2) is 5.54. The minimum Gasteiger partial charge on any atom is -0.468 e. The van der Waals surface area contributed by atoms with Crippen molar-refractivity contribution in [2.24, 2.45) is 5.92 Å². The van der Waals surface area contributed by atoms with Crippen molar-refractivity contribution in [1.82, 2.24) is 4.90 Å². The fourth-order valence-corrected chi connectivity index (χ4v) is 3.26. The molecule has 4 nitrogen and oxygen atoms in total. The summed E-state index contributed by atoms with van der Waals surface area (Å²) in [5, 5.41) is 9.68. The number of aryl methyl sites for hydroxylation is 1. The Morgan fingerprint density at radius 3 is 2.55 bits per heavy atom. The van der Waals surface area contributed by atoms with E-state index in [0.29, 0.717) is 6.42 Å². The monoisotopic (exact) mass is 277 g/mol. The number of ether oxygens (including phenoxy) is 1. The number of methoxy groups -OCH3 is 1. The van der Waals surface area contributed by atoms with Crippen molar-refractivity contribution >= 4 is 5.97 Å². The average Bonchev–Trinajstić information content (AvgIpc) is 2.72. The summed E-state index contributed by atoms with van der Waals surface area (Å²) in [5.41, 5.74) is 1.65. The summed E-state index contributed by atoms with van der Waals surface area (Å²) >= 11 is 0. The van der Waals surface area contributed by atoms with Gasteiger partial charge >= 0.3 is 5.97 Å². The topological polar surface area (TPSA) is 49.8 Å². The van der Waals surface area contributed by atoms with Gasteiger partial charge < -0.3 is 9.84 Å². The Morgan fingerprint density at radius 1 is 1.45 bits per heavy atom. The second-order valence-electron chi connectivity index (χ2n) is 5.88. The third kappa shape index (κ3) is 2.34. The number of nitrogens with zero attached hydrogens (tertiary/aromatic N) is 1. The molecule has 1 aliphatic rings. The Labute approximate surface area is 120 Å². The van der Waals surface area contributed by atoms with Gasteiger partial charge in [-0.1, -0.05) is 29.8 Å². The minimum absolute atomic E-state index is 0.0321. The van der Waals surface area contributed by atoms with Crippen molar-refractivity contribution in [3.63, 3.8) is 0 Å². The summed E-state index contributed by atoms with van der Waals surface area (Å²) in [6, 6.07) is 8.30. The van der Waals surface area contributed by atoms with E-state index in [1.807, 2.05) is 25.8 Å². The maximum Gasteiger partial charge on any atom is 0.326 e. The highest BCUT2D eigenvalue weighted by Gasteiger charge is 2.52. The molecule has 1 aromatic rings. The number of hydrogen-bond acceptors (Lipinski definition) is 4. The van der Waals surface area contributed by atoms with Crippen LogP contribution in [0.5, 0.6) is 0 Å². The molecule has 1 N–H and O–H groups in total. The number of benzene rings is 1. The lowest BCUT2D eigenvalue weighted by Crippen LogP contribution is -2.47. The van der Waals surface area contributed by atoms with E-state index in [-0.39, 0.29) is 24.5 Å². The maximum atomic E-state index is 12.1. The number of likely N-dealkylation sites (tertiary alicyclic amines) is 1. The summed E-state index contributed by atoms with van der Waals surface area (Å²) in [6.07, 6.45) is 0.602. The van der Waals surface area contributed by atoms with Crippen molar-refractivity contribution < 1.29 is 14.6 Å². The van der Waals surface area contributed by atoms with Crippen LogP contribution >= 0.6 is 0 Å². The van der Waals surface area contributed by atoms with Crippen LogP contribution in [0.3, 0.4) is 0 Å². The van der Waals surface area contributed by atoms with Gasteiger partial charge in [0, 0.05) is 18.6 Å². The lowest BCUT2D eigenvalue weighted by atomic mass is 9.90. The van der Waals surface area contributed by atoms with E-state index in [9.17, 15) is 9.90 Å². The van der Waals surface area contributed by atoms with Gasteiger partial charge in [0.25, 0.3) is 0 Å². The van der Waals surface area contributed by atoms with E-state index in [4.69, 9.17) is 4.74 Å². The van der Waals surface area contributed by atoms with E-state index >= 15 is 0 Å². The lowest BCUT2D eigenvalue weighted by molar-refractivity contribution is -0.152. The van der Waals surface area contributed by atoms with E-state index in [1.165, 1.54) is 12.7 Å². The molecule has 1 heterocycles. The highest BCUT2D eigenvalue weighted by atomic mass is 16.5. The Kier molecular flexibility index (Phi) is 4.16. The fourth-order valence-electron chi connectivity index (χ4n) is 3.26. The van der Waals surface area contributed by atoms with Gasteiger partial charge in [-0.25, -0.2) is 0 Å². The normalized spacial score (nSPS) is 30.4. The van der Waals surface area contributed by atoms with Crippen LogP contribution in [0.2, 0.25) is 0 Å². The Balaban J connectivity index is 2.37. The van der Waals surface area contributed by atoms with E-state index in [0.717, 1.165) is 5.56 Å². The van der Waals surface area contributed by atoms with Gasteiger partial charge in [-0.3, -0.25) is 9.69 Å². The molecule has 0 unspecified atom stereocenters. The quantitative estimate of drug-likeness (QED) is 0.858. The summed E-state index contributed by atoms with van der Waals surface area (Å²) in [7, 11) is 3.34. The Morgan fingerprint density at radius 2 is 2.05 bits per heavy atom. The third-order valence-electron chi connectivity index (χ3n) is 4.58. The van der Waals surface area contributed by atoms with E-state index in [1.54, 1.807) is 0 Å². The number of hydrogen-bond donors (Lipinski definition) is 1. The summed E-state index contributed by atoms with van der Waals surface area (Å²) in [6.45, 7) is 4.00. The highest BCUT2D eigenvalue weighted by Crippen LogP contribution is 2.45. The highest BCUT2D eigenvalue weighted by molar-refractivity contribution is 5.80. The van der Waals surface area contributed by atoms with Crippen LogP contribution in [0.4, 0.5) is 0 Å². The third-order valence-corrected chi connectivity index (χ3v) is 4.58. The van der Waals surface area contributed by atoms with Crippen LogP contribution in [-0.4, -0.2) is 42.3 Å². The first-order valence-electron chi connectivity index (χ1n) is 6.93. The van der Waals surface area contributed by atoms with Crippen LogP contribution in [-0.2, 0) is 9.53 Å². The van der Waals surface area contributed by atoms with Gasteiger partial charge in [-0.15, -0.1) is 0 Å². The van der Waals surface area contributed by atoms with E-state index < -0.39 is 5.54 Å². The fraction of sp³-hybridized carbons (Fsp3) is 0.562. The number of carbonyl (C=O) groups is 1. The smallest absolute Gasteiger partial charge is 0.326 e. The number of esters is 1. The van der Waals surface area contributed by atoms with Gasteiger partial charge in [0.2, 0.25) is 0 Å². The van der Waals surface area contributed by atoms with Crippen LogP contribution in [0.1, 0.15) is 30.5 Å². The number of aliphatic hydroxyl groups is 1. The molecule has 4 heteroatoms. The molecule has 3 atom stereocenters. The predicted molar refractivity (Wildman–Crippen MR) is 77.3 cm³/mol. The maximum absolute atomic E-state index is 12.1. The van der Waals surface area contributed by atoms with Gasteiger partial charge in [0.15, 0.2) is 0 Å². The van der Waals surface area contributed by atoms with Crippen molar-refractivity contribution in [3.8, 4) is 0 Å². The zero-order chi connectivity index (χ0) is 14.9. The molecule has 0 aromatic heterocycles. The number of rotatable bonds is 3. The zero-order valence-corrected chi connectivity index (χ0v) is 12.6. The molecule has 0 bridgehead atoms. The summed E-state index contributed by atoms with van der Waals surface area (Å²) < 4.78 is 4.94. The standard InChI is InChI=1S/C16H23NO3/c1-11-5-7-12(8-6-11)14-13(10-18)9-16(2,17(14)3)15(19)20-4/h5-8,13-14,18H,9-10H2,1-4H3/t13-,14-,16+/m1/s1. The molecule has 20 heavy (non-hydrogen) atoms. The molecule has 0 saturated carbocycles. The zero-order valence-electron chi connectivity index (χ0n) is 12.6. The number of aliphatic hydroxyl groups excluding tert-OH is 1. The first-order chi connectivity index (χ1) is 9.43.